The third kappa shape index (κ3) is 4.07. The summed E-state index contributed by atoms with van der Waals surface area (Å²) in [6, 6.07) is 12.5. The van der Waals surface area contributed by atoms with Gasteiger partial charge in [-0.3, -0.25) is 0 Å². The van der Waals surface area contributed by atoms with Gasteiger partial charge in [-0.05, 0) is 67.9 Å². The Labute approximate surface area is 159 Å². The summed E-state index contributed by atoms with van der Waals surface area (Å²) in [4.78, 5) is 2.12. The number of fused-ring (bicyclic) bond motifs is 2. The number of hydrogen-bond acceptors (Lipinski definition) is 1. The van der Waals surface area contributed by atoms with Gasteiger partial charge >= 0.3 is 6.18 Å². The first-order chi connectivity index (χ1) is 11.8. The number of rotatable bonds is 4. The summed E-state index contributed by atoms with van der Waals surface area (Å²) in [6.07, 6.45) is -2.49. The SMILES string of the molecule is C[C@@H]1c2ccccc2[C@H](CCCN(C)C)c2cc(C(F)(F)F)ccc21.Cl. The van der Waals surface area contributed by atoms with Crippen LogP contribution in [0.15, 0.2) is 42.5 Å². The smallest absolute Gasteiger partial charge is 0.309 e. The van der Waals surface area contributed by atoms with E-state index >= 15 is 0 Å². The molecule has 2 aromatic carbocycles. The van der Waals surface area contributed by atoms with E-state index in [-0.39, 0.29) is 24.2 Å². The van der Waals surface area contributed by atoms with Crippen molar-refractivity contribution in [1.29, 1.82) is 0 Å². The van der Waals surface area contributed by atoms with E-state index in [9.17, 15) is 13.2 Å². The number of halogens is 4. The van der Waals surface area contributed by atoms with E-state index in [1.165, 1.54) is 23.3 Å². The van der Waals surface area contributed by atoms with E-state index in [0.29, 0.717) is 0 Å². The fourth-order valence-electron chi connectivity index (χ4n) is 3.93. The third-order valence-electron chi connectivity index (χ3n) is 5.19. The zero-order chi connectivity index (χ0) is 18.2. The summed E-state index contributed by atoms with van der Waals surface area (Å²) < 4.78 is 39.7. The molecule has 1 nitrogen and oxygen atoms in total. The van der Waals surface area contributed by atoms with Crippen LogP contribution in [0.1, 0.15) is 59.4 Å². The molecule has 26 heavy (non-hydrogen) atoms. The van der Waals surface area contributed by atoms with Crippen LogP contribution in [0.3, 0.4) is 0 Å². The van der Waals surface area contributed by atoms with E-state index in [0.717, 1.165) is 30.5 Å². The summed E-state index contributed by atoms with van der Waals surface area (Å²) in [5, 5.41) is 0. The van der Waals surface area contributed by atoms with Crippen molar-refractivity contribution < 1.29 is 13.2 Å². The maximum Gasteiger partial charge on any atom is 0.416 e. The minimum atomic E-state index is -4.30. The van der Waals surface area contributed by atoms with Gasteiger partial charge in [-0.2, -0.15) is 13.2 Å². The second-order valence-corrected chi connectivity index (χ2v) is 7.19. The minimum Gasteiger partial charge on any atom is -0.309 e. The predicted octanol–water partition coefficient (Wildman–Crippen LogP) is 6.07. The second-order valence-electron chi connectivity index (χ2n) is 7.19. The zero-order valence-electron chi connectivity index (χ0n) is 15.3. The fraction of sp³-hybridized carbons (Fsp3) is 0.429. The fourth-order valence-corrected chi connectivity index (χ4v) is 3.93. The summed E-state index contributed by atoms with van der Waals surface area (Å²) in [5.74, 6) is 0.156. The summed E-state index contributed by atoms with van der Waals surface area (Å²) in [6.45, 7) is 3.02. The normalized spacial score (nSPS) is 18.9. The molecule has 0 radical (unpaired) electrons. The molecule has 0 unspecified atom stereocenters. The summed E-state index contributed by atoms with van der Waals surface area (Å²) in [7, 11) is 4.04. The van der Waals surface area contributed by atoms with Crippen molar-refractivity contribution in [2.45, 2.75) is 37.8 Å². The molecule has 5 heteroatoms. The second kappa shape index (κ2) is 8.01. The Hall–Kier alpha value is -1.52. The maximum absolute atomic E-state index is 13.2. The lowest BCUT2D eigenvalue weighted by Crippen LogP contribution is -2.20. The lowest BCUT2D eigenvalue weighted by Gasteiger charge is -2.33. The van der Waals surface area contributed by atoms with Crippen LogP contribution < -0.4 is 0 Å². The lowest BCUT2D eigenvalue weighted by molar-refractivity contribution is -0.137. The predicted molar refractivity (Wildman–Crippen MR) is 102 cm³/mol. The minimum absolute atomic E-state index is 0. The van der Waals surface area contributed by atoms with Crippen LogP contribution in [-0.4, -0.2) is 25.5 Å². The van der Waals surface area contributed by atoms with Crippen molar-refractivity contribution in [1.82, 2.24) is 4.90 Å². The molecule has 0 N–H and O–H groups in total. The lowest BCUT2D eigenvalue weighted by atomic mass is 9.71. The van der Waals surface area contributed by atoms with Crippen LogP contribution in [0.5, 0.6) is 0 Å². The molecule has 0 saturated carbocycles. The number of hydrogen-bond donors (Lipinski definition) is 0. The third-order valence-corrected chi connectivity index (χ3v) is 5.19. The highest BCUT2D eigenvalue weighted by molar-refractivity contribution is 5.85. The number of alkyl halides is 3. The Morgan fingerprint density at radius 1 is 0.923 bits per heavy atom. The van der Waals surface area contributed by atoms with Gasteiger partial charge in [0.05, 0.1) is 5.56 Å². The molecule has 0 heterocycles. The van der Waals surface area contributed by atoms with E-state index in [1.54, 1.807) is 6.07 Å². The Balaban J connectivity index is 0.00000243. The molecular weight excluding hydrogens is 359 g/mol. The maximum atomic E-state index is 13.2. The van der Waals surface area contributed by atoms with Gasteiger partial charge in [0.2, 0.25) is 0 Å². The molecule has 1 aliphatic carbocycles. The molecule has 142 valence electrons. The Morgan fingerprint density at radius 2 is 1.54 bits per heavy atom. The monoisotopic (exact) mass is 383 g/mol. The van der Waals surface area contributed by atoms with E-state index in [4.69, 9.17) is 0 Å². The standard InChI is InChI=1S/C21H24F3N.ClH/c1-14-16-7-4-5-8-18(16)19(9-6-12-25(2)3)20-13-15(21(22,23)24)10-11-17(14)20;/h4-5,7-8,10-11,13-14,19H,6,9,12H2,1-3H3;1H/t14-,19+;/m1./s1. The summed E-state index contributed by atoms with van der Waals surface area (Å²) in [5.41, 5.74) is 3.75. The Kier molecular flexibility index (Phi) is 6.41. The van der Waals surface area contributed by atoms with Gasteiger partial charge in [0.1, 0.15) is 0 Å². The largest absolute Gasteiger partial charge is 0.416 e. The van der Waals surface area contributed by atoms with Crippen LogP contribution in [-0.2, 0) is 6.18 Å². The van der Waals surface area contributed by atoms with Gasteiger partial charge in [0, 0.05) is 11.8 Å². The quantitative estimate of drug-likeness (QED) is 0.619. The van der Waals surface area contributed by atoms with Gasteiger partial charge in [-0.25, -0.2) is 0 Å². The van der Waals surface area contributed by atoms with Gasteiger partial charge in [-0.15, -0.1) is 12.4 Å². The Bertz CT molecular complexity index is 755. The molecule has 0 saturated heterocycles. The van der Waals surface area contributed by atoms with Crippen molar-refractivity contribution in [3.05, 3.63) is 70.3 Å². The molecule has 1 aliphatic rings. The van der Waals surface area contributed by atoms with Crippen LogP contribution in [0.4, 0.5) is 13.2 Å². The number of nitrogens with zero attached hydrogens (tertiary/aromatic N) is 1. The highest BCUT2D eigenvalue weighted by atomic mass is 35.5. The molecule has 2 atom stereocenters. The van der Waals surface area contributed by atoms with Crippen molar-refractivity contribution in [3.63, 3.8) is 0 Å². The van der Waals surface area contributed by atoms with Crippen LogP contribution in [0, 0.1) is 0 Å². The highest BCUT2D eigenvalue weighted by Gasteiger charge is 2.35. The van der Waals surface area contributed by atoms with E-state index < -0.39 is 11.7 Å². The van der Waals surface area contributed by atoms with Gasteiger partial charge < -0.3 is 4.90 Å². The molecule has 0 aliphatic heterocycles. The van der Waals surface area contributed by atoms with Gasteiger partial charge in [0.25, 0.3) is 0 Å². The molecule has 0 aromatic heterocycles. The van der Waals surface area contributed by atoms with Crippen molar-refractivity contribution in [2.24, 2.45) is 0 Å². The van der Waals surface area contributed by atoms with Gasteiger partial charge in [0.15, 0.2) is 0 Å². The van der Waals surface area contributed by atoms with Crippen molar-refractivity contribution in [2.75, 3.05) is 20.6 Å². The highest BCUT2D eigenvalue weighted by Crippen LogP contribution is 2.46. The molecule has 0 bridgehead atoms. The summed E-state index contributed by atoms with van der Waals surface area (Å²) >= 11 is 0. The van der Waals surface area contributed by atoms with Crippen LogP contribution >= 0.6 is 12.4 Å². The van der Waals surface area contributed by atoms with Crippen molar-refractivity contribution >= 4 is 12.4 Å². The van der Waals surface area contributed by atoms with Crippen LogP contribution in [0.25, 0.3) is 0 Å². The van der Waals surface area contributed by atoms with E-state index in [2.05, 4.69) is 24.0 Å². The number of benzene rings is 2. The average molecular weight is 384 g/mol. The van der Waals surface area contributed by atoms with Gasteiger partial charge in [-0.1, -0.05) is 37.3 Å². The van der Waals surface area contributed by atoms with Crippen LogP contribution in [0.2, 0.25) is 0 Å². The molecular formula is C21H25ClF3N. The molecule has 0 spiro atoms. The molecule has 3 rings (SSSR count). The van der Waals surface area contributed by atoms with Crippen molar-refractivity contribution in [3.8, 4) is 0 Å². The first kappa shape index (κ1) is 20.8. The zero-order valence-corrected chi connectivity index (χ0v) is 16.1. The Morgan fingerprint density at radius 3 is 2.15 bits per heavy atom. The first-order valence-corrected chi connectivity index (χ1v) is 8.73. The topological polar surface area (TPSA) is 3.24 Å². The average Bonchev–Trinajstić information content (AvgIpc) is 2.56. The molecule has 0 fully saturated rings. The molecule has 2 aromatic rings. The molecule has 0 amide bonds. The van der Waals surface area contributed by atoms with E-state index in [1.807, 2.05) is 26.2 Å². The first-order valence-electron chi connectivity index (χ1n) is 8.73.